The topological polar surface area (TPSA) is 128 Å². The second-order valence-corrected chi connectivity index (χ2v) is 12.0. The van der Waals surface area contributed by atoms with Gasteiger partial charge >= 0.3 is 5.76 Å². The minimum atomic E-state index is -0.667. The molecule has 0 amide bonds. The van der Waals surface area contributed by atoms with Gasteiger partial charge in [0, 0.05) is 30.5 Å². The highest BCUT2D eigenvalue weighted by Crippen LogP contribution is 2.39. The molecule has 210 valence electrons. The van der Waals surface area contributed by atoms with Crippen LogP contribution in [-0.2, 0) is 11.3 Å². The second kappa shape index (κ2) is 10.3. The molecule has 4 aromatic rings. The van der Waals surface area contributed by atoms with Gasteiger partial charge in [-0.1, -0.05) is 36.5 Å². The summed E-state index contributed by atoms with van der Waals surface area (Å²) in [6.45, 7) is 6.56. The monoisotopic (exact) mass is 564 g/mol. The Balaban J connectivity index is 1.46. The molecule has 2 atom stereocenters. The van der Waals surface area contributed by atoms with E-state index in [2.05, 4.69) is 31.5 Å². The predicted octanol–water partition coefficient (Wildman–Crippen LogP) is 4.78. The number of hydrogen-bond donors (Lipinski definition) is 1. The van der Waals surface area contributed by atoms with E-state index < -0.39 is 5.76 Å². The molecule has 0 spiro atoms. The Morgan fingerprint density at radius 2 is 1.98 bits per heavy atom. The highest BCUT2D eigenvalue weighted by Gasteiger charge is 2.39. The minimum Gasteiger partial charge on any atom is -0.374 e. The van der Waals surface area contributed by atoms with Gasteiger partial charge in [-0.2, -0.15) is 4.98 Å². The summed E-state index contributed by atoms with van der Waals surface area (Å²) in [4.78, 5) is 36.3. The van der Waals surface area contributed by atoms with Gasteiger partial charge in [-0.3, -0.25) is 14.5 Å². The van der Waals surface area contributed by atoms with E-state index in [9.17, 15) is 4.79 Å². The largest absolute Gasteiger partial charge is 0.439 e. The number of halogens is 1. The van der Waals surface area contributed by atoms with Crippen molar-refractivity contribution in [3.05, 3.63) is 33.5 Å². The molecule has 7 rings (SSSR count). The van der Waals surface area contributed by atoms with Crippen molar-refractivity contribution < 1.29 is 9.26 Å². The molecule has 0 unspecified atom stereocenters. The zero-order valence-electron chi connectivity index (χ0n) is 22.8. The summed E-state index contributed by atoms with van der Waals surface area (Å²) in [5.41, 5.74) is 3.63. The Hall–Kier alpha value is -3.31. The number of aromatic amines is 1. The Morgan fingerprint density at radius 1 is 1.12 bits per heavy atom. The number of H-pyrrole nitrogens is 1. The van der Waals surface area contributed by atoms with E-state index in [1.807, 2.05) is 13.0 Å². The average Bonchev–Trinajstić information content (AvgIpc) is 3.69. The van der Waals surface area contributed by atoms with Crippen molar-refractivity contribution in [2.75, 3.05) is 18.1 Å². The quantitative estimate of drug-likeness (QED) is 0.364. The van der Waals surface area contributed by atoms with E-state index >= 15 is 0 Å². The molecule has 1 N–H and O–H groups in total. The summed E-state index contributed by atoms with van der Waals surface area (Å²) in [5.74, 6) is 1.92. The maximum atomic E-state index is 11.8. The molecule has 0 aromatic carbocycles. The summed E-state index contributed by atoms with van der Waals surface area (Å²) in [7, 11) is 0. The summed E-state index contributed by atoms with van der Waals surface area (Å²) < 4.78 is 13.3. The van der Waals surface area contributed by atoms with Gasteiger partial charge < -0.3 is 14.2 Å². The summed E-state index contributed by atoms with van der Waals surface area (Å²) in [6, 6.07) is 2.16. The van der Waals surface area contributed by atoms with Gasteiger partial charge in [0.15, 0.2) is 5.65 Å². The maximum Gasteiger partial charge on any atom is 0.439 e. The van der Waals surface area contributed by atoms with E-state index in [0.29, 0.717) is 28.9 Å². The van der Waals surface area contributed by atoms with Gasteiger partial charge in [0.1, 0.15) is 11.2 Å². The number of hydrogen-bond acceptors (Lipinski definition) is 9. The van der Waals surface area contributed by atoms with E-state index in [0.717, 1.165) is 61.0 Å². The smallest absolute Gasteiger partial charge is 0.374 e. The Morgan fingerprint density at radius 3 is 2.77 bits per heavy atom. The number of aryl methyl sites for hydroxylation is 1. The molecule has 11 nitrogen and oxygen atoms in total. The number of fused-ring (bicyclic) bond motifs is 2. The number of imidazole rings is 1. The van der Waals surface area contributed by atoms with Gasteiger partial charge in [-0.25, -0.2) is 14.8 Å². The first-order chi connectivity index (χ1) is 19.4. The molecule has 0 radical (unpaired) electrons. The normalized spacial score (nSPS) is 25.0. The van der Waals surface area contributed by atoms with Crippen molar-refractivity contribution in [1.29, 1.82) is 0 Å². The van der Waals surface area contributed by atoms with Crippen molar-refractivity contribution in [2.45, 2.75) is 77.5 Å². The van der Waals surface area contributed by atoms with E-state index in [1.54, 1.807) is 6.20 Å². The van der Waals surface area contributed by atoms with Crippen LogP contribution in [0.5, 0.6) is 0 Å². The standard InChI is InChI=1S/C28H33ClN8O3/c1-15-6-8-17(9-7-15)14-37-23-22(19-12-18(29)13-30-16(19)2)31-25(26-34-28(38)40-35-26)32-24(23)33-27(37)36-10-11-39-21-5-3-4-20(21)36/h12-13,15,17,20-21H,3-11,14H2,1-2H3,(H,34,35,38)/t15-,17-,20-,21-/m1/s1. The number of morpholine rings is 1. The summed E-state index contributed by atoms with van der Waals surface area (Å²) in [6.07, 6.45) is 9.99. The number of anilines is 1. The van der Waals surface area contributed by atoms with Gasteiger partial charge in [0.25, 0.3) is 0 Å². The molecule has 1 saturated heterocycles. The molecule has 2 saturated carbocycles. The molecule has 3 aliphatic rings. The van der Waals surface area contributed by atoms with Gasteiger partial charge in [-0.05, 0) is 56.9 Å². The van der Waals surface area contributed by atoms with Crippen LogP contribution < -0.4 is 10.7 Å². The van der Waals surface area contributed by atoms with Gasteiger partial charge in [0.05, 0.1) is 23.8 Å². The Kier molecular flexibility index (Phi) is 6.58. The lowest BCUT2D eigenvalue weighted by molar-refractivity contribution is 0.0247. The molecule has 2 aliphatic carbocycles. The minimum absolute atomic E-state index is 0.153. The number of nitrogens with one attached hydrogen (secondary N) is 1. The number of nitrogens with zero attached hydrogens (tertiary/aromatic N) is 7. The van der Waals surface area contributed by atoms with Gasteiger partial charge in [-0.15, -0.1) is 0 Å². The molecule has 0 bridgehead atoms. The van der Waals surface area contributed by atoms with Crippen LogP contribution in [0.15, 0.2) is 21.6 Å². The number of pyridine rings is 1. The molecule has 3 fully saturated rings. The highest BCUT2D eigenvalue weighted by atomic mass is 35.5. The lowest BCUT2D eigenvalue weighted by atomic mass is 9.83. The Bertz CT molecular complexity index is 1600. The third kappa shape index (κ3) is 4.58. The van der Waals surface area contributed by atoms with Crippen LogP contribution in [-0.4, -0.2) is 59.9 Å². The highest BCUT2D eigenvalue weighted by molar-refractivity contribution is 6.30. The number of ether oxygens (including phenoxy) is 1. The molecular weight excluding hydrogens is 532 g/mol. The lowest BCUT2D eigenvalue weighted by Gasteiger charge is -2.39. The summed E-state index contributed by atoms with van der Waals surface area (Å²) in [5, 5.41) is 4.37. The van der Waals surface area contributed by atoms with Crippen LogP contribution in [0.4, 0.5) is 5.95 Å². The zero-order valence-corrected chi connectivity index (χ0v) is 23.5. The first kappa shape index (κ1) is 25.6. The van der Waals surface area contributed by atoms with Crippen molar-refractivity contribution >= 4 is 28.7 Å². The van der Waals surface area contributed by atoms with Crippen molar-refractivity contribution in [3.8, 4) is 22.9 Å². The number of rotatable bonds is 5. The van der Waals surface area contributed by atoms with Crippen LogP contribution in [0.1, 0.15) is 57.6 Å². The predicted molar refractivity (Wildman–Crippen MR) is 150 cm³/mol. The third-order valence-electron chi connectivity index (χ3n) is 8.86. The second-order valence-electron chi connectivity index (χ2n) is 11.5. The zero-order chi connectivity index (χ0) is 27.4. The van der Waals surface area contributed by atoms with E-state index in [-0.39, 0.29) is 23.8 Å². The fourth-order valence-corrected chi connectivity index (χ4v) is 6.89. The maximum absolute atomic E-state index is 11.8. The molecule has 4 aromatic heterocycles. The lowest BCUT2D eigenvalue weighted by Crippen LogP contribution is -2.49. The SMILES string of the molecule is Cc1ncc(Cl)cc1-c1nc(-c2noc(=O)[nH]2)nc2nc(N3CCO[C@@H]4CCC[C@H]43)n(C[C@H]3CC[C@H](C)CC3)c12. The first-order valence-corrected chi connectivity index (χ1v) is 14.7. The molecule has 1 aliphatic heterocycles. The molecule has 12 heteroatoms. The number of aromatic nitrogens is 7. The average molecular weight is 565 g/mol. The van der Waals surface area contributed by atoms with Crippen molar-refractivity contribution in [1.82, 2.24) is 34.6 Å². The van der Waals surface area contributed by atoms with Crippen molar-refractivity contribution in [3.63, 3.8) is 0 Å². The third-order valence-corrected chi connectivity index (χ3v) is 9.07. The van der Waals surface area contributed by atoms with Crippen LogP contribution in [0.3, 0.4) is 0 Å². The van der Waals surface area contributed by atoms with Gasteiger partial charge in [0.2, 0.25) is 17.6 Å². The molecule has 40 heavy (non-hydrogen) atoms. The first-order valence-electron chi connectivity index (χ1n) is 14.3. The van der Waals surface area contributed by atoms with Crippen LogP contribution in [0, 0.1) is 18.8 Å². The van der Waals surface area contributed by atoms with E-state index in [4.69, 9.17) is 35.8 Å². The van der Waals surface area contributed by atoms with Crippen LogP contribution in [0.2, 0.25) is 5.02 Å². The Labute approximate surface area is 236 Å². The van der Waals surface area contributed by atoms with Crippen LogP contribution >= 0.6 is 11.6 Å². The molecular formula is C28H33ClN8O3. The fraction of sp³-hybridized carbons (Fsp3) is 0.571. The summed E-state index contributed by atoms with van der Waals surface area (Å²) >= 11 is 6.45. The van der Waals surface area contributed by atoms with Crippen LogP contribution in [0.25, 0.3) is 34.1 Å². The van der Waals surface area contributed by atoms with E-state index in [1.165, 1.54) is 25.7 Å². The van der Waals surface area contributed by atoms with Crippen molar-refractivity contribution in [2.24, 2.45) is 11.8 Å². The molecule has 5 heterocycles. The fourth-order valence-electron chi connectivity index (χ4n) is 6.73.